The predicted octanol–water partition coefficient (Wildman–Crippen LogP) is 4.06. The standard InChI is InChI=1S/C18H23N3O2S.Cl2O/c1-20(2)13-3-5-17-15(11-13)19-16-12-14(4-6-18(16)24-17)21(7-9-22)8-10-23;1-3-2/h3-6,11-12,19,22-23H,7-10H2,1-2H3;. The van der Waals surface area contributed by atoms with Gasteiger partial charge in [-0.1, -0.05) is 11.8 Å². The Morgan fingerprint density at radius 2 is 1.41 bits per heavy atom. The summed E-state index contributed by atoms with van der Waals surface area (Å²) < 4.78 is 3.19. The highest BCUT2D eigenvalue weighted by atomic mass is 35.6. The lowest BCUT2D eigenvalue weighted by atomic mass is 10.2. The van der Waals surface area contributed by atoms with Gasteiger partial charge in [-0.2, -0.15) is 3.84 Å². The Kier molecular flexibility index (Phi) is 8.82. The lowest BCUT2D eigenvalue weighted by Crippen LogP contribution is -2.29. The van der Waals surface area contributed by atoms with E-state index in [0.29, 0.717) is 13.1 Å². The molecular weight excluding hydrogens is 409 g/mol. The van der Waals surface area contributed by atoms with E-state index >= 15 is 0 Å². The molecule has 0 fully saturated rings. The molecule has 2 aromatic carbocycles. The van der Waals surface area contributed by atoms with Gasteiger partial charge < -0.3 is 25.3 Å². The zero-order valence-electron chi connectivity index (χ0n) is 15.2. The number of halogens is 2. The van der Waals surface area contributed by atoms with E-state index in [9.17, 15) is 10.2 Å². The van der Waals surface area contributed by atoms with Crippen LogP contribution in [-0.2, 0) is 3.84 Å². The second-order valence-corrected chi connectivity index (χ2v) is 7.53. The van der Waals surface area contributed by atoms with Crippen LogP contribution in [0.3, 0.4) is 0 Å². The molecule has 9 heteroatoms. The minimum Gasteiger partial charge on any atom is -0.395 e. The van der Waals surface area contributed by atoms with Crippen LogP contribution in [0.25, 0.3) is 0 Å². The Hall–Kier alpha value is -1.35. The van der Waals surface area contributed by atoms with Gasteiger partial charge in [-0.25, -0.2) is 0 Å². The second-order valence-electron chi connectivity index (χ2n) is 5.97. The van der Waals surface area contributed by atoms with E-state index in [2.05, 4.69) is 68.1 Å². The van der Waals surface area contributed by atoms with Crippen molar-refractivity contribution in [3.8, 4) is 0 Å². The first kappa shape index (κ1) is 21.9. The minimum atomic E-state index is 0.0638. The zero-order chi connectivity index (χ0) is 19.8. The summed E-state index contributed by atoms with van der Waals surface area (Å²) in [6, 6.07) is 12.6. The Labute approximate surface area is 174 Å². The average Bonchev–Trinajstić information content (AvgIpc) is 2.66. The molecule has 3 rings (SSSR count). The van der Waals surface area contributed by atoms with Crippen LogP contribution in [-0.4, -0.2) is 50.6 Å². The maximum Gasteiger partial charge on any atom is 0.0832 e. The van der Waals surface area contributed by atoms with E-state index in [4.69, 9.17) is 0 Å². The number of fused-ring (bicyclic) bond motifs is 2. The monoisotopic (exact) mass is 431 g/mol. The number of nitrogens with one attached hydrogen (secondary N) is 1. The molecule has 6 nitrogen and oxygen atoms in total. The summed E-state index contributed by atoms with van der Waals surface area (Å²) in [6.45, 7) is 1.14. The van der Waals surface area contributed by atoms with Crippen molar-refractivity contribution in [2.75, 3.05) is 55.5 Å². The first-order valence-electron chi connectivity index (χ1n) is 8.30. The van der Waals surface area contributed by atoms with Crippen molar-refractivity contribution in [3.63, 3.8) is 0 Å². The van der Waals surface area contributed by atoms with Crippen LogP contribution in [0.1, 0.15) is 0 Å². The van der Waals surface area contributed by atoms with Crippen LogP contribution in [0.4, 0.5) is 22.7 Å². The Morgan fingerprint density at radius 1 is 0.926 bits per heavy atom. The fraction of sp³-hybridized carbons (Fsp3) is 0.333. The molecule has 0 saturated carbocycles. The van der Waals surface area contributed by atoms with Crippen LogP contribution >= 0.6 is 35.5 Å². The normalized spacial score (nSPS) is 11.5. The summed E-state index contributed by atoms with van der Waals surface area (Å²) in [5.74, 6) is 0. The van der Waals surface area contributed by atoms with Crippen molar-refractivity contribution in [1.29, 1.82) is 0 Å². The van der Waals surface area contributed by atoms with Crippen LogP contribution in [0.15, 0.2) is 46.2 Å². The summed E-state index contributed by atoms with van der Waals surface area (Å²) in [4.78, 5) is 6.46. The summed E-state index contributed by atoms with van der Waals surface area (Å²) >= 11 is 10.3. The van der Waals surface area contributed by atoms with Crippen LogP contribution in [0, 0.1) is 0 Å². The maximum atomic E-state index is 9.23. The number of hydrogen-bond acceptors (Lipinski definition) is 7. The number of hydrogen-bond donors (Lipinski definition) is 3. The van der Waals surface area contributed by atoms with Crippen molar-refractivity contribution >= 4 is 58.2 Å². The third-order valence-electron chi connectivity index (χ3n) is 4.04. The van der Waals surface area contributed by atoms with Crippen molar-refractivity contribution in [2.45, 2.75) is 9.79 Å². The number of rotatable bonds is 6. The third-order valence-corrected chi connectivity index (χ3v) is 5.19. The molecule has 0 saturated heterocycles. The van der Waals surface area contributed by atoms with Crippen LogP contribution in [0.2, 0.25) is 0 Å². The highest BCUT2D eigenvalue weighted by molar-refractivity contribution is 7.99. The number of nitrogens with zero attached hydrogens (tertiary/aromatic N) is 2. The van der Waals surface area contributed by atoms with Gasteiger partial charge in [-0.15, -0.1) is 0 Å². The number of anilines is 4. The summed E-state index contributed by atoms with van der Waals surface area (Å²) in [7, 11) is 4.07. The molecule has 27 heavy (non-hydrogen) atoms. The summed E-state index contributed by atoms with van der Waals surface area (Å²) in [5.41, 5.74) is 4.31. The van der Waals surface area contributed by atoms with E-state index in [0.717, 1.165) is 22.7 Å². The lowest BCUT2D eigenvalue weighted by Gasteiger charge is -2.27. The molecule has 0 radical (unpaired) electrons. The molecule has 0 aromatic heterocycles. The Morgan fingerprint density at radius 3 is 1.89 bits per heavy atom. The van der Waals surface area contributed by atoms with Crippen LogP contribution < -0.4 is 15.1 Å². The molecule has 0 atom stereocenters. The van der Waals surface area contributed by atoms with Gasteiger partial charge >= 0.3 is 0 Å². The van der Waals surface area contributed by atoms with Gasteiger partial charge in [0.25, 0.3) is 0 Å². The smallest absolute Gasteiger partial charge is 0.0832 e. The number of aliphatic hydroxyl groups excluding tert-OH is 2. The second kappa shape index (κ2) is 10.8. The minimum absolute atomic E-state index is 0.0638. The molecule has 1 aliphatic heterocycles. The Balaban J connectivity index is 0.000000817. The molecule has 148 valence electrons. The quantitative estimate of drug-likeness (QED) is 0.543. The molecule has 0 amide bonds. The maximum absolute atomic E-state index is 9.23. The van der Waals surface area contributed by atoms with Crippen molar-refractivity contribution < 1.29 is 14.1 Å². The highest BCUT2D eigenvalue weighted by Gasteiger charge is 2.18. The number of benzene rings is 2. The molecule has 0 aliphatic carbocycles. The van der Waals surface area contributed by atoms with E-state index in [1.54, 1.807) is 11.8 Å². The predicted molar refractivity (Wildman–Crippen MR) is 114 cm³/mol. The highest BCUT2D eigenvalue weighted by Crippen LogP contribution is 2.46. The molecule has 2 aromatic rings. The van der Waals surface area contributed by atoms with Gasteiger partial charge in [0.05, 0.1) is 48.3 Å². The molecule has 1 aliphatic rings. The summed E-state index contributed by atoms with van der Waals surface area (Å²) in [6.07, 6.45) is 0. The molecule has 1 heterocycles. The number of aliphatic hydroxyl groups is 2. The van der Waals surface area contributed by atoms with Gasteiger partial charge in [-0.3, -0.25) is 0 Å². The topological polar surface area (TPSA) is 68.2 Å². The first-order valence-corrected chi connectivity index (χ1v) is 9.73. The van der Waals surface area contributed by atoms with E-state index in [-0.39, 0.29) is 13.2 Å². The molecule has 0 bridgehead atoms. The largest absolute Gasteiger partial charge is 0.395 e. The van der Waals surface area contributed by atoms with Crippen molar-refractivity contribution in [2.24, 2.45) is 0 Å². The molecule has 0 unspecified atom stereocenters. The molecule has 0 spiro atoms. The van der Waals surface area contributed by atoms with Gasteiger partial charge in [0.2, 0.25) is 0 Å². The Bertz CT molecular complexity index is 744. The molecule has 3 N–H and O–H groups in total. The SMILES string of the molecule is CN(C)c1ccc2c(c1)Nc1cc(N(CCO)CCO)ccc1S2.ClOCl. The van der Waals surface area contributed by atoms with Crippen LogP contribution in [0.5, 0.6) is 0 Å². The lowest BCUT2D eigenvalue weighted by molar-refractivity contribution is 0.281. The van der Waals surface area contributed by atoms with Gasteiger partial charge in [-0.05, 0) is 36.4 Å². The van der Waals surface area contributed by atoms with E-state index < -0.39 is 0 Å². The fourth-order valence-corrected chi connectivity index (χ4v) is 3.71. The van der Waals surface area contributed by atoms with E-state index in [1.165, 1.54) is 9.79 Å². The fourth-order valence-electron chi connectivity index (χ4n) is 2.76. The van der Waals surface area contributed by atoms with Gasteiger partial charge in [0, 0.05) is 48.4 Å². The van der Waals surface area contributed by atoms with E-state index in [1.807, 2.05) is 25.1 Å². The first-order chi connectivity index (χ1) is 13.0. The zero-order valence-corrected chi connectivity index (χ0v) is 17.5. The third kappa shape index (κ3) is 5.81. The van der Waals surface area contributed by atoms with Crippen molar-refractivity contribution in [1.82, 2.24) is 0 Å². The van der Waals surface area contributed by atoms with Crippen molar-refractivity contribution in [3.05, 3.63) is 36.4 Å². The van der Waals surface area contributed by atoms with Gasteiger partial charge in [0.15, 0.2) is 0 Å². The molecular formula is C18H23Cl2N3O3S. The summed E-state index contributed by atoms with van der Waals surface area (Å²) in [5, 5.41) is 22.0. The average molecular weight is 432 g/mol. The van der Waals surface area contributed by atoms with Gasteiger partial charge in [0.1, 0.15) is 0 Å².